The maximum Gasteiger partial charge on any atom is 0.255 e. The summed E-state index contributed by atoms with van der Waals surface area (Å²) in [5, 5.41) is 2.39. The molecule has 0 aliphatic carbocycles. The van der Waals surface area contributed by atoms with Crippen LogP contribution in [-0.4, -0.2) is 5.91 Å². The number of hydrogen-bond donors (Lipinski definition) is 1. The number of amides is 1. The molecule has 0 atom stereocenters. The highest BCUT2D eigenvalue weighted by molar-refractivity contribution is 9.10. The van der Waals surface area contributed by atoms with E-state index in [0.29, 0.717) is 11.6 Å². The van der Waals surface area contributed by atoms with Crippen LogP contribution in [0.15, 0.2) is 45.3 Å². The summed E-state index contributed by atoms with van der Waals surface area (Å²) < 4.78 is 27.5. The van der Waals surface area contributed by atoms with Crippen LogP contribution in [-0.2, 0) is 0 Å². The number of carbonyl (C=O) groups excluding carboxylic acids is 1. The van der Waals surface area contributed by atoms with E-state index in [-0.39, 0.29) is 10.2 Å². The van der Waals surface area contributed by atoms with Gasteiger partial charge < -0.3 is 5.32 Å². The molecule has 0 aliphatic rings. The highest BCUT2D eigenvalue weighted by Crippen LogP contribution is 2.24. The Morgan fingerprint density at radius 3 is 2.26 bits per heavy atom. The van der Waals surface area contributed by atoms with Gasteiger partial charge in [0.25, 0.3) is 5.91 Å². The Balaban J connectivity index is 2.24. The van der Waals surface area contributed by atoms with Gasteiger partial charge in [0.2, 0.25) is 0 Å². The van der Waals surface area contributed by atoms with Crippen molar-refractivity contribution in [3.8, 4) is 0 Å². The lowest BCUT2D eigenvalue weighted by molar-refractivity contribution is 0.102. The van der Waals surface area contributed by atoms with E-state index >= 15 is 0 Å². The number of rotatable bonds is 2. The molecule has 2 aromatic rings. The second-order valence-corrected chi connectivity index (χ2v) is 5.48. The summed E-state index contributed by atoms with van der Waals surface area (Å²) in [4.78, 5) is 11.9. The van der Waals surface area contributed by atoms with Crippen LogP contribution in [0.25, 0.3) is 0 Å². The fourth-order valence-corrected chi connectivity index (χ4v) is 2.02. The van der Waals surface area contributed by atoms with Crippen LogP contribution < -0.4 is 5.32 Å². The molecule has 98 valence electrons. The predicted octanol–water partition coefficient (Wildman–Crippen LogP) is 4.74. The smallest absolute Gasteiger partial charge is 0.255 e. The standard InChI is InChI=1S/C13H7Br2F2NO/c14-8-3-1-7(2-4-8)13(19)18-12-5-9(15)10(16)6-11(12)17/h1-6H,(H,18,19). The normalized spacial score (nSPS) is 10.3. The molecule has 0 heterocycles. The Morgan fingerprint density at radius 2 is 1.63 bits per heavy atom. The molecule has 2 nitrogen and oxygen atoms in total. The van der Waals surface area contributed by atoms with Gasteiger partial charge in [0.1, 0.15) is 11.6 Å². The van der Waals surface area contributed by atoms with Gasteiger partial charge in [-0.25, -0.2) is 8.78 Å². The van der Waals surface area contributed by atoms with Gasteiger partial charge in [0.05, 0.1) is 10.2 Å². The van der Waals surface area contributed by atoms with Crippen LogP contribution >= 0.6 is 31.9 Å². The zero-order chi connectivity index (χ0) is 14.0. The topological polar surface area (TPSA) is 29.1 Å². The van der Waals surface area contributed by atoms with Gasteiger partial charge in [-0.05, 0) is 46.3 Å². The number of hydrogen-bond acceptors (Lipinski definition) is 1. The maximum atomic E-state index is 13.5. The fraction of sp³-hybridized carbons (Fsp3) is 0. The molecule has 2 rings (SSSR count). The summed E-state index contributed by atoms with van der Waals surface area (Å²) in [6, 6.07) is 8.48. The van der Waals surface area contributed by atoms with E-state index in [1.165, 1.54) is 6.07 Å². The van der Waals surface area contributed by atoms with Crippen LogP contribution in [0.1, 0.15) is 10.4 Å². The van der Waals surface area contributed by atoms with E-state index in [1.54, 1.807) is 24.3 Å². The molecule has 1 amide bonds. The van der Waals surface area contributed by atoms with Gasteiger partial charge >= 0.3 is 0 Å². The SMILES string of the molecule is O=C(Nc1cc(Br)c(F)cc1F)c1ccc(Br)cc1. The van der Waals surface area contributed by atoms with Crippen molar-refractivity contribution in [3.63, 3.8) is 0 Å². The Hall–Kier alpha value is -1.27. The largest absolute Gasteiger partial charge is 0.319 e. The molecule has 19 heavy (non-hydrogen) atoms. The highest BCUT2D eigenvalue weighted by atomic mass is 79.9. The van der Waals surface area contributed by atoms with Crippen molar-refractivity contribution in [2.24, 2.45) is 0 Å². The number of halogens is 4. The fourth-order valence-electron chi connectivity index (χ4n) is 1.41. The first-order chi connectivity index (χ1) is 8.97. The van der Waals surface area contributed by atoms with Crippen molar-refractivity contribution >= 4 is 43.5 Å². The third kappa shape index (κ3) is 3.39. The van der Waals surface area contributed by atoms with E-state index in [2.05, 4.69) is 37.2 Å². The molecular formula is C13H7Br2F2NO. The maximum absolute atomic E-state index is 13.5. The van der Waals surface area contributed by atoms with Crippen molar-refractivity contribution in [2.45, 2.75) is 0 Å². The molecule has 0 aromatic heterocycles. The summed E-state index contributed by atoms with van der Waals surface area (Å²) in [7, 11) is 0. The summed E-state index contributed by atoms with van der Waals surface area (Å²) in [5.41, 5.74) is 0.296. The number of anilines is 1. The quantitative estimate of drug-likeness (QED) is 0.737. The van der Waals surface area contributed by atoms with Crippen LogP contribution in [0.4, 0.5) is 14.5 Å². The van der Waals surface area contributed by atoms with Gasteiger partial charge in [-0.2, -0.15) is 0 Å². The molecule has 0 radical (unpaired) electrons. The van der Waals surface area contributed by atoms with Gasteiger partial charge in [0.15, 0.2) is 0 Å². The molecule has 6 heteroatoms. The predicted molar refractivity (Wildman–Crippen MR) is 76.2 cm³/mol. The van der Waals surface area contributed by atoms with Crippen molar-refractivity contribution in [2.75, 3.05) is 5.32 Å². The Kier molecular flexibility index (Phi) is 4.31. The molecule has 0 aliphatic heterocycles. The first-order valence-corrected chi connectivity index (χ1v) is 6.77. The minimum absolute atomic E-state index is 0.0822. The summed E-state index contributed by atoms with van der Waals surface area (Å²) in [6.45, 7) is 0. The third-order valence-electron chi connectivity index (χ3n) is 2.36. The van der Waals surface area contributed by atoms with Crippen LogP contribution in [0.5, 0.6) is 0 Å². The van der Waals surface area contributed by atoms with E-state index in [0.717, 1.165) is 4.47 Å². The zero-order valence-corrected chi connectivity index (χ0v) is 12.6. The Labute approximate surface area is 125 Å². The first-order valence-electron chi connectivity index (χ1n) is 5.19. The number of nitrogens with one attached hydrogen (secondary N) is 1. The van der Waals surface area contributed by atoms with Crippen LogP contribution in [0, 0.1) is 11.6 Å². The average molecular weight is 391 g/mol. The Bertz CT molecular complexity index is 629. The van der Waals surface area contributed by atoms with E-state index in [4.69, 9.17) is 0 Å². The van der Waals surface area contributed by atoms with E-state index in [9.17, 15) is 13.6 Å². The molecular weight excluding hydrogens is 384 g/mol. The van der Waals surface area contributed by atoms with Crippen molar-refractivity contribution in [1.29, 1.82) is 0 Å². The van der Waals surface area contributed by atoms with Gasteiger partial charge in [-0.15, -0.1) is 0 Å². The molecule has 0 unspecified atom stereocenters. The minimum Gasteiger partial charge on any atom is -0.319 e. The lowest BCUT2D eigenvalue weighted by atomic mass is 10.2. The molecule has 0 fully saturated rings. The lowest BCUT2D eigenvalue weighted by Crippen LogP contribution is -2.13. The van der Waals surface area contributed by atoms with Gasteiger partial charge in [0, 0.05) is 16.1 Å². The van der Waals surface area contributed by atoms with Gasteiger partial charge in [-0.1, -0.05) is 15.9 Å². The number of carbonyl (C=O) groups is 1. The molecule has 0 bridgehead atoms. The minimum atomic E-state index is -0.828. The highest BCUT2D eigenvalue weighted by Gasteiger charge is 2.12. The third-order valence-corrected chi connectivity index (χ3v) is 3.50. The van der Waals surface area contributed by atoms with Crippen molar-refractivity contribution in [3.05, 3.63) is 62.5 Å². The summed E-state index contributed by atoms with van der Waals surface area (Å²) in [5.74, 6) is -2.02. The molecule has 2 aromatic carbocycles. The summed E-state index contributed by atoms with van der Waals surface area (Å²) in [6.07, 6.45) is 0. The summed E-state index contributed by atoms with van der Waals surface area (Å²) >= 11 is 6.19. The zero-order valence-electron chi connectivity index (χ0n) is 9.38. The molecule has 0 saturated heterocycles. The van der Waals surface area contributed by atoms with E-state index < -0.39 is 17.5 Å². The van der Waals surface area contributed by atoms with Crippen LogP contribution in [0.2, 0.25) is 0 Å². The molecule has 1 N–H and O–H groups in total. The van der Waals surface area contributed by atoms with Crippen molar-refractivity contribution in [1.82, 2.24) is 0 Å². The second kappa shape index (κ2) is 5.79. The number of benzene rings is 2. The Morgan fingerprint density at radius 1 is 1.00 bits per heavy atom. The van der Waals surface area contributed by atoms with Crippen LogP contribution in [0.3, 0.4) is 0 Å². The van der Waals surface area contributed by atoms with E-state index in [1.807, 2.05) is 0 Å². The average Bonchev–Trinajstić information content (AvgIpc) is 2.36. The molecule has 0 saturated carbocycles. The first kappa shape index (κ1) is 14.1. The molecule has 0 spiro atoms. The van der Waals surface area contributed by atoms with Crippen molar-refractivity contribution < 1.29 is 13.6 Å². The van der Waals surface area contributed by atoms with Gasteiger partial charge in [-0.3, -0.25) is 4.79 Å². The second-order valence-electron chi connectivity index (χ2n) is 3.71. The lowest BCUT2D eigenvalue weighted by Gasteiger charge is -2.07. The monoisotopic (exact) mass is 389 g/mol.